The molecule has 20 heavy (non-hydrogen) atoms. The van der Waals surface area contributed by atoms with Crippen molar-refractivity contribution < 1.29 is 13.2 Å². The first-order chi connectivity index (χ1) is 9.44. The zero-order chi connectivity index (χ0) is 14.8. The second-order valence-electron chi connectivity index (χ2n) is 4.08. The van der Waals surface area contributed by atoms with Crippen LogP contribution in [-0.4, -0.2) is 20.5 Å². The van der Waals surface area contributed by atoms with Gasteiger partial charge >= 0.3 is 0 Å². The zero-order valence-corrected chi connectivity index (χ0v) is 13.3. The summed E-state index contributed by atoms with van der Waals surface area (Å²) < 4.78 is 32.7. The van der Waals surface area contributed by atoms with E-state index < -0.39 is 10.0 Å². The molecule has 0 aliphatic heterocycles. The lowest BCUT2D eigenvalue weighted by Crippen LogP contribution is -2.13. The lowest BCUT2D eigenvalue weighted by Gasteiger charge is -2.11. The van der Waals surface area contributed by atoms with Crippen LogP contribution in [0, 0.1) is 6.92 Å². The average Bonchev–Trinajstić information content (AvgIpc) is 2.41. The topological polar surface area (TPSA) is 68.3 Å². The van der Waals surface area contributed by atoms with Crippen molar-refractivity contribution in [1.82, 2.24) is 4.98 Å². The van der Waals surface area contributed by atoms with Crippen molar-refractivity contribution in [3.8, 4) is 5.75 Å². The number of benzene rings is 1. The van der Waals surface area contributed by atoms with Crippen LogP contribution in [0.15, 0.2) is 46.0 Å². The van der Waals surface area contributed by atoms with Crippen molar-refractivity contribution in [2.24, 2.45) is 0 Å². The fourth-order valence-corrected chi connectivity index (χ4v) is 3.32. The summed E-state index contributed by atoms with van der Waals surface area (Å²) in [6, 6.07) is 7.97. The van der Waals surface area contributed by atoms with Crippen molar-refractivity contribution in [2.75, 3.05) is 11.8 Å². The third kappa shape index (κ3) is 3.10. The molecule has 7 heteroatoms. The SMILES string of the molecule is COc1ccc(S(=O)(=O)Nc2cccnc2Br)cc1C. The van der Waals surface area contributed by atoms with E-state index in [-0.39, 0.29) is 4.90 Å². The summed E-state index contributed by atoms with van der Waals surface area (Å²) in [5.41, 5.74) is 1.14. The fraction of sp³-hybridized carbons (Fsp3) is 0.154. The maximum atomic E-state index is 12.3. The number of ether oxygens (including phenoxy) is 1. The number of anilines is 1. The number of halogens is 1. The molecule has 0 bridgehead atoms. The van der Waals surface area contributed by atoms with Crippen LogP contribution in [0.3, 0.4) is 0 Å². The Kier molecular flexibility index (Phi) is 4.29. The van der Waals surface area contributed by atoms with E-state index in [1.54, 1.807) is 44.5 Å². The molecule has 1 aromatic heterocycles. The molecular weight excluding hydrogens is 344 g/mol. The van der Waals surface area contributed by atoms with Crippen molar-refractivity contribution in [3.63, 3.8) is 0 Å². The molecule has 0 saturated heterocycles. The van der Waals surface area contributed by atoms with Gasteiger partial charge in [0.15, 0.2) is 0 Å². The number of aryl methyl sites for hydroxylation is 1. The third-order valence-electron chi connectivity index (χ3n) is 2.68. The smallest absolute Gasteiger partial charge is 0.261 e. The van der Waals surface area contributed by atoms with E-state index in [4.69, 9.17) is 4.74 Å². The van der Waals surface area contributed by atoms with Gasteiger partial charge in [0.05, 0.1) is 17.7 Å². The summed E-state index contributed by atoms with van der Waals surface area (Å²) in [5, 5.41) is 0. The summed E-state index contributed by atoms with van der Waals surface area (Å²) in [5.74, 6) is 0.645. The number of hydrogen-bond donors (Lipinski definition) is 1. The first-order valence-electron chi connectivity index (χ1n) is 5.72. The van der Waals surface area contributed by atoms with E-state index in [1.165, 1.54) is 6.07 Å². The molecule has 2 rings (SSSR count). The normalized spacial score (nSPS) is 11.2. The van der Waals surface area contributed by atoms with Crippen LogP contribution >= 0.6 is 15.9 Å². The van der Waals surface area contributed by atoms with Gasteiger partial charge in [0.2, 0.25) is 0 Å². The number of nitrogens with one attached hydrogen (secondary N) is 1. The minimum atomic E-state index is -3.66. The second kappa shape index (κ2) is 5.80. The van der Waals surface area contributed by atoms with E-state index in [1.807, 2.05) is 0 Å². The Balaban J connectivity index is 2.36. The number of rotatable bonds is 4. The fourth-order valence-electron chi connectivity index (χ4n) is 1.68. The van der Waals surface area contributed by atoms with E-state index in [0.29, 0.717) is 16.0 Å². The summed E-state index contributed by atoms with van der Waals surface area (Å²) in [4.78, 5) is 4.14. The molecule has 0 aliphatic carbocycles. The molecule has 106 valence electrons. The lowest BCUT2D eigenvalue weighted by molar-refractivity contribution is 0.411. The third-order valence-corrected chi connectivity index (χ3v) is 4.68. The molecule has 1 aromatic carbocycles. The van der Waals surface area contributed by atoms with Gasteiger partial charge in [-0.25, -0.2) is 13.4 Å². The number of hydrogen-bond acceptors (Lipinski definition) is 4. The van der Waals surface area contributed by atoms with E-state index >= 15 is 0 Å². The number of sulfonamides is 1. The predicted molar refractivity (Wildman–Crippen MR) is 80.5 cm³/mol. The Bertz CT molecular complexity index is 732. The van der Waals surface area contributed by atoms with Crippen LogP contribution in [0.2, 0.25) is 0 Å². The van der Waals surface area contributed by atoms with Crippen molar-refractivity contribution in [3.05, 3.63) is 46.7 Å². The first-order valence-corrected chi connectivity index (χ1v) is 7.99. The molecule has 0 amide bonds. The Morgan fingerprint density at radius 3 is 2.65 bits per heavy atom. The lowest BCUT2D eigenvalue weighted by atomic mass is 10.2. The van der Waals surface area contributed by atoms with Gasteiger partial charge in [-0.15, -0.1) is 0 Å². The molecule has 0 radical (unpaired) electrons. The van der Waals surface area contributed by atoms with Crippen LogP contribution in [0.25, 0.3) is 0 Å². The van der Waals surface area contributed by atoms with E-state index in [0.717, 1.165) is 5.56 Å². The maximum absolute atomic E-state index is 12.3. The molecule has 0 spiro atoms. The summed E-state index contributed by atoms with van der Waals surface area (Å²) in [7, 11) is -2.12. The van der Waals surface area contributed by atoms with Gasteiger partial charge < -0.3 is 4.74 Å². The highest BCUT2D eigenvalue weighted by Crippen LogP contribution is 2.25. The average molecular weight is 357 g/mol. The van der Waals surface area contributed by atoms with Gasteiger partial charge in [0.1, 0.15) is 10.4 Å². The Morgan fingerprint density at radius 1 is 1.30 bits per heavy atom. The Morgan fingerprint density at radius 2 is 2.05 bits per heavy atom. The van der Waals surface area contributed by atoms with Gasteiger partial charge in [-0.1, -0.05) is 0 Å². The molecule has 1 N–H and O–H groups in total. The Labute approximate surface area is 126 Å². The standard InChI is InChI=1S/C13H13BrN2O3S/c1-9-8-10(5-6-12(9)19-2)20(17,18)16-11-4-3-7-15-13(11)14/h3-8,16H,1-2H3. The first kappa shape index (κ1) is 14.8. The number of aromatic nitrogens is 1. The van der Waals surface area contributed by atoms with Crippen molar-refractivity contribution in [1.29, 1.82) is 0 Å². The van der Waals surface area contributed by atoms with Crippen molar-refractivity contribution >= 4 is 31.6 Å². The largest absolute Gasteiger partial charge is 0.496 e. The molecule has 0 unspecified atom stereocenters. The van der Waals surface area contributed by atoms with Gasteiger partial charge in [-0.05, 0) is 58.7 Å². The second-order valence-corrected chi connectivity index (χ2v) is 6.51. The number of pyridine rings is 1. The molecule has 1 heterocycles. The van der Waals surface area contributed by atoms with Gasteiger partial charge in [-0.3, -0.25) is 4.72 Å². The van der Waals surface area contributed by atoms with Crippen LogP contribution in [0.1, 0.15) is 5.56 Å². The number of nitrogens with zero attached hydrogens (tertiary/aromatic N) is 1. The van der Waals surface area contributed by atoms with Gasteiger partial charge in [0.25, 0.3) is 10.0 Å². The summed E-state index contributed by atoms with van der Waals surface area (Å²) >= 11 is 3.20. The Hall–Kier alpha value is -1.60. The molecular formula is C13H13BrN2O3S. The monoisotopic (exact) mass is 356 g/mol. The van der Waals surface area contributed by atoms with E-state index in [2.05, 4.69) is 25.6 Å². The zero-order valence-electron chi connectivity index (χ0n) is 10.9. The highest BCUT2D eigenvalue weighted by Gasteiger charge is 2.17. The molecule has 0 fully saturated rings. The van der Waals surface area contributed by atoms with Crippen LogP contribution in [0.5, 0.6) is 5.75 Å². The minimum Gasteiger partial charge on any atom is -0.496 e. The molecule has 5 nitrogen and oxygen atoms in total. The van der Waals surface area contributed by atoms with Gasteiger partial charge in [-0.2, -0.15) is 0 Å². The van der Waals surface area contributed by atoms with Gasteiger partial charge in [0, 0.05) is 6.20 Å². The molecule has 0 saturated carbocycles. The van der Waals surface area contributed by atoms with E-state index in [9.17, 15) is 8.42 Å². The van der Waals surface area contributed by atoms with Crippen LogP contribution in [0.4, 0.5) is 5.69 Å². The predicted octanol–water partition coefficient (Wildman–Crippen LogP) is 2.96. The quantitative estimate of drug-likeness (QED) is 0.855. The minimum absolute atomic E-state index is 0.173. The maximum Gasteiger partial charge on any atom is 0.261 e. The number of methoxy groups -OCH3 is 1. The van der Waals surface area contributed by atoms with Crippen LogP contribution < -0.4 is 9.46 Å². The highest BCUT2D eigenvalue weighted by molar-refractivity contribution is 9.10. The molecule has 0 atom stereocenters. The summed E-state index contributed by atoms with van der Waals surface area (Å²) in [6.07, 6.45) is 1.57. The molecule has 2 aromatic rings. The van der Waals surface area contributed by atoms with Crippen molar-refractivity contribution in [2.45, 2.75) is 11.8 Å². The highest BCUT2D eigenvalue weighted by atomic mass is 79.9. The molecule has 0 aliphatic rings. The summed E-state index contributed by atoms with van der Waals surface area (Å²) in [6.45, 7) is 1.79. The van der Waals surface area contributed by atoms with Crippen LogP contribution in [-0.2, 0) is 10.0 Å².